The van der Waals surface area contributed by atoms with Crippen molar-refractivity contribution in [2.45, 2.75) is 19.3 Å². The highest BCUT2D eigenvalue weighted by molar-refractivity contribution is 5.95. The summed E-state index contributed by atoms with van der Waals surface area (Å²) in [7, 11) is 1.60. The van der Waals surface area contributed by atoms with Crippen molar-refractivity contribution in [3.63, 3.8) is 0 Å². The summed E-state index contributed by atoms with van der Waals surface area (Å²) in [6.45, 7) is 1.97. The number of aromatic carboxylic acids is 1. The summed E-state index contributed by atoms with van der Waals surface area (Å²) >= 11 is 0. The molecule has 4 nitrogen and oxygen atoms in total. The third kappa shape index (κ3) is 1.64. The number of benzene rings is 1. The van der Waals surface area contributed by atoms with Crippen molar-refractivity contribution in [2.75, 3.05) is 25.1 Å². The lowest BCUT2D eigenvalue weighted by molar-refractivity contribution is 0.0690. The lowest BCUT2D eigenvalue weighted by Gasteiger charge is -2.57. The van der Waals surface area contributed by atoms with Crippen molar-refractivity contribution in [3.05, 3.63) is 23.8 Å². The molecule has 1 aliphatic carbocycles. The van der Waals surface area contributed by atoms with Crippen LogP contribution in [0.4, 0.5) is 5.69 Å². The second-order valence-electron chi connectivity index (χ2n) is 5.40. The summed E-state index contributed by atoms with van der Waals surface area (Å²) in [5.74, 6) is -0.160. The minimum atomic E-state index is -0.873. The Morgan fingerprint density at radius 3 is 2.61 bits per heavy atom. The van der Waals surface area contributed by atoms with Gasteiger partial charge in [-0.25, -0.2) is 4.79 Å². The van der Waals surface area contributed by atoms with Crippen molar-refractivity contribution < 1.29 is 14.6 Å². The number of carboxylic acids is 1. The molecule has 1 heterocycles. The average molecular weight is 247 g/mol. The van der Waals surface area contributed by atoms with Gasteiger partial charge in [0.15, 0.2) is 0 Å². The smallest absolute Gasteiger partial charge is 0.337 e. The molecule has 4 heteroatoms. The van der Waals surface area contributed by atoms with E-state index in [1.54, 1.807) is 19.2 Å². The first kappa shape index (κ1) is 11.4. The average Bonchev–Trinajstić information content (AvgIpc) is 2.24. The van der Waals surface area contributed by atoms with E-state index in [0.717, 1.165) is 18.8 Å². The largest absolute Gasteiger partial charge is 0.497 e. The maximum Gasteiger partial charge on any atom is 0.337 e. The van der Waals surface area contributed by atoms with Crippen LogP contribution in [-0.4, -0.2) is 31.3 Å². The summed E-state index contributed by atoms with van der Waals surface area (Å²) in [5, 5.41) is 9.23. The Morgan fingerprint density at radius 2 is 2.11 bits per heavy atom. The van der Waals surface area contributed by atoms with Gasteiger partial charge in [0, 0.05) is 24.6 Å². The molecule has 1 aliphatic heterocycles. The van der Waals surface area contributed by atoms with Gasteiger partial charge in [0.25, 0.3) is 0 Å². The van der Waals surface area contributed by atoms with Gasteiger partial charge in [0.2, 0.25) is 0 Å². The van der Waals surface area contributed by atoms with Crippen LogP contribution >= 0.6 is 0 Å². The molecule has 2 fully saturated rings. The van der Waals surface area contributed by atoms with Crippen molar-refractivity contribution in [3.8, 4) is 5.75 Å². The molecule has 96 valence electrons. The lowest BCUT2D eigenvalue weighted by atomic mass is 9.63. The van der Waals surface area contributed by atoms with Crippen LogP contribution in [0, 0.1) is 5.41 Å². The molecule has 0 aromatic heterocycles. The van der Waals surface area contributed by atoms with Gasteiger partial charge in [-0.2, -0.15) is 0 Å². The van der Waals surface area contributed by atoms with Gasteiger partial charge in [-0.3, -0.25) is 0 Å². The molecule has 1 saturated carbocycles. The fraction of sp³-hybridized carbons (Fsp3) is 0.500. The monoisotopic (exact) mass is 247 g/mol. The van der Waals surface area contributed by atoms with Gasteiger partial charge in [0.05, 0.1) is 18.4 Å². The molecule has 0 atom stereocenters. The van der Waals surface area contributed by atoms with Gasteiger partial charge < -0.3 is 14.7 Å². The van der Waals surface area contributed by atoms with Crippen molar-refractivity contribution >= 4 is 11.7 Å². The molecule has 3 rings (SSSR count). The molecule has 0 bridgehead atoms. The Morgan fingerprint density at radius 1 is 1.39 bits per heavy atom. The third-order valence-electron chi connectivity index (χ3n) is 4.24. The molecular formula is C14H17NO3. The van der Waals surface area contributed by atoms with E-state index in [4.69, 9.17) is 4.74 Å². The maximum atomic E-state index is 11.2. The Balaban J connectivity index is 1.87. The summed E-state index contributed by atoms with van der Waals surface area (Å²) in [6.07, 6.45) is 3.89. The summed E-state index contributed by atoms with van der Waals surface area (Å²) in [4.78, 5) is 13.4. The number of hydrogen-bond acceptors (Lipinski definition) is 3. The van der Waals surface area contributed by atoms with E-state index < -0.39 is 5.97 Å². The Labute approximate surface area is 106 Å². The molecule has 0 amide bonds. The summed E-state index contributed by atoms with van der Waals surface area (Å²) in [6, 6.07) is 5.16. The highest BCUT2D eigenvalue weighted by Crippen LogP contribution is 2.50. The number of carbonyl (C=O) groups is 1. The van der Waals surface area contributed by atoms with Gasteiger partial charge in [0.1, 0.15) is 5.75 Å². The van der Waals surface area contributed by atoms with E-state index in [2.05, 4.69) is 4.90 Å². The number of nitrogens with zero attached hydrogens (tertiary/aromatic N) is 1. The summed E-state index contributed by atoms with van der Waals surface area (Å²) < 4.78 is 5.18. The molecule has 0 radical (unpaired) electrons. The van der Waals surface area contributed by atoms with Gasteiger partial charge >= 0.3 is 5.97 Å². The van der Waals surface area contributed by atoms with Crippen molar-refractivity contribution in [1.29, 1.82) is 0 Å². The predicted molar refractivity (Wildman–Crippen MR) is 68.5 cm³/mol. The SMILES string of the molecule is COc1ccc(C(=O)O)c(N2CC3(CCC3)C2)c1. The molecule has 1 N–H and O–H groups in total. The van der Waals surface area contributed by atoms with E-state index in [-0.39, 0.29) is 0 Å². The van der Waals surface area contributed by atoms with Gasteiger partial charge in [-0.1, -0.05) is 6.42 Å². The van der Waals surface area contributed by atoms with Crippen LogP contribution in [0.2, 0.25) is 0 Å². The zero-order chi connectivity index (χ0) is 12.8. The third-order valence-corrected chi connectivity index (χ3v) is 4.24. The summed E-state index contributed by atoms with van der Waals surface area (Å²) in [5.41, 5.74) is 1.64. The zero-order valence-corrected chi connectivity index (χ0v) is 10.5. The van der Waals surface area contributed by atoms with Crippen molar-refractivity contribution in [1.82, 2.24) is 0 Å². The van der Waals surface area contributed by atoms with E-state index in [1.165, 1.54) is 19.3 Å². The van der Waals surface area contributed by atoms with Crippen LogP contribution in [0.15, 0.2) is 18.2 Å². The van der Waals surface area contributed by atoms with Crippen LogP contribution in [0.25, 0.3) is 0 Å². The number of carboxylic acid groups (broad SMARTS) is 1. The fourth-order valence-corrected chi connectivity index (χ4v) is 3.01. The van der Waals surface area contributed by atoms with E-state index in [0.29, 0.717) is 16.7 Å². The van der Waals surface area contributed by atoms with Crippen LogP contribution in [0.5, 0.6) is 5.75 Å². The van der Waals surface area contributed by atoms with Crippen molar-refractivity contribution in [2.24, 2.45) is 5.41 Å². The number of methoxy groups -OCH3 is 1. The minimum absolute atomic E-state index is 0.366. The molecular weight excluding hydrogens is 230 g/mol. The highest BCUT2D eigenvalue weighted by atomic mass is 16.5. The Kier molecular flexibility index (Phi) is 2.47. The van der Waals surface area contributed by atoms with E-state index in [1.807, 2.05) is 6.07 Å². The van der Waals surface area contributed by atoms with E-state index in [9.17, 15) is 9.90 Å². The van der Waals surface area contributed by atoms with Gasteiger partial charge in [-0.05, 0) is 25.0 Å². The maximum absolute atomic E-state index is 11.2. The number of rotatable bonds is 3. The molecule has 1 aromatic carbocycles. The molecule has 18 heavy (non-hydrogen) atoms. The lowest BCUT2D eigenvalue weighted by Crippen LogP contribution is -2.60. The second kappa shape index (κ2) is 3.90. The highest BCUT2D eigenvalue weighted by Gasteiger charge is 2.47. The molecule has 0 unspecified atom stereocenters. The first-order valence-corrected chi connectivity index (χ1v) is 6.30. The van der Waals surface area contributed by atoms with E-state index >= 15 is 0 Å². The quantitative estimate of drug-likeness (QED) is 0.891. The number of ether oxygens (including phenoxy) is 1. The number of anilines is 1. The van der Waals surface area contributed by atoms with Gasteiger partial charge in [-0.15, -0.1) is 0 Å². The molecule has 1 spiro atoms. The molecule has 1 saturated heterocycles. The second-order valence-corrected chi connectivity index (χ2v) is 5.40. The molecule has 1 aromatic rings. The normalized spacial score (nSPS) is 20.2. The minimum Gasteiger partial charge on any atom is -0.497 e. The number of hydrogen-bond donors (Lipinski definition) is 1. The van der Waals surface area contributed by atoms with Crippen LogP contribution in [-0.2, 0) is 0 Å². The predicted octanol–water partition coefficient (Wildman–Crippen LogP) is 2.38. The fourth-order valence-electron chi connectivity index (χ4n) is 3.01. The first-order chi connectivity index (χ1) is 8.63. The first-order valence-electron chi connectivity index (χ1n) is 6.30. The zero-order valence-electron chi connectivity index (χ0n) is 10.5. The van der Waals surface area contributed by atoms with Crippen LogP contribution in [0.3, 0.4) is 0 Å². The Bertz CT molecular complexity index is 486. The molecule has 2 aliphatic rings. The standard InChI is InChI=1S/C14H17NO3/c1-18-10-3-4-11(13(16)17)12(7-10)15-8-14(9-15)5-2-6-14/h3-4,7H,2,5-6,8-9H2,1H3,(H,16,17). The topological polar surface area (TPSA) is 49.8 Å². The Hall–Kier alpha value is -1.71. The van der Waals surface area contributed by atoms with Crippen LogP contribution in [0.1, 0.15) is 29.6 Å². The van der Waals surface area contributed by atoms with Crippen LogP contribution < -0.4 is 9.64 Å².